The van der Waals surface area contributed by atoms with Gasteiger partial charge < -0.3 is 10.2 Å². The van der Waals surface area contributed by atoms with Gasteiger partial charge in [-0.2, -0.15) is 5.10 Å². The first-order chi connectivity index (χ1) is 10.7. The number of likely N-dealkylation sites (tertiary alicyclic amines) is 1. The Morgan fingerprint density at radius 1 is 1.35 bits per heavy atom. The molecule has 2 aliphatic heterocycles. The van der Waals surface area contributed by atoms with Gasteiger partial charge in [-0.05, 0) is 50.6 Å². The minimum absolute atomic E-state index is 0. The zero-order valence-corrected chi connectivity index (χ0v) is 14.7. The van der Waals surface area contributed by atoms with Crippen molar-refractivity contribution < 1.29 is 4.79 Å². The number of hydrogen-bond donors (Lipinski definition) is 1. The lowest BCUT2D eigenvalue weighted by atomic mass is 9.84. The lowest BCUT2D eigenvalue weighted by Crippen LogP contribution is -2.42. The Hall–Kier alpha value is -1.14. The van der Waals surface area contributed by atoms with Crippen LogP contribution < -0.4 is 5.32 Å². The van der Waals surface area contributed by atoms with Gasteiger partial charge in [0.15, 0.2) is 0 Å². The molecule has 7 heteroatoms. The van der Waals surface area contributed by atoms with Crippen LogP contribution in [-0.2, 0) is 4.79 Å². The second kappa shape index (κ2) is 8.64. The van der Waals surface area contributed by atoms with Crippen molar-refractivity contribution in [1.29, 1.82) is 0 Å². The van der Waals surface area contributed by atoms with Crippen molar-refractivity contribution in [2.45, 2.75) is 45.1 Å². The summed E-state index contributed by atoms with van der Waals surface area (Å²) in [5.74, 6) is 1.50. The van der Waals surface area contributed by atoms with Gasteiger partial charge in [-0.15, -0.1) is 12.4 Å². The standard InChI is InChI=1S/C16H27N5O.ClH/c1-13(14-4-6-17-7-5-14)9-16(22)20-8-2-3-15(10-20)21-12-18-11-19-21;/h11-15,17H,2-10H2,1H3;1H. The maximum absolute atomic E-state index is 12.6. The molecule has 0 saturated carbocycles. The van der Waals surface area contributed by atoms with E-state index in [1.807, 2.05) is 9.58 Å². The Balaban J connectivity index is 0.00000192. The lowest BCUT2D eigenvalue weighted by molar-refractivity contribution is -0.134. The number of carbonyl (C=O) groups is 1. The smallest absolute Gasteiger partial charge is 0.222 e. The predicted molar refractivity (Wildman–Crippen MR) is 91.5 cm³/mol. The Labute approximate surface area is 144 Å². The minimum atomic E-state index is 0. The van der Waals surface area contributed by atoms with Crippen molar-refractivity contribution >= 4 is 18.3 Å². The Morgan fingerprint density at radius 3 is 2.83 bits per heavy atom. The molecular weight excluding hydrogens is 314 g/mol. The number of carbonyl (C=O) groups excluding carboxylic acids is 1. The summed E-state index contributed by atoms with van der Waals surface area (Å²) in [5.41, 5.74) is 0. The average Bonchev–Trinajstić information content (AvgIpc) is 3.10. The third kappa shape index (κ3) is 4.67. The van der Waals surface area contributed by atoms with Gasteiger partial charge in [-0.3, -0.25) is 4.79 Å². The van der Waals surface area contributed by atoms with Crippen LogP contribution in [0.2, 0.25) is 0 Å². The van der Waals surface area contributed by atoms with Gasteiger partial charge in [0.2, 0.25) is 5.91 Å². The molecule has 130 valence electrons. The predicted octanol–water partition coefficient (Wildman–Crippen LogP) is 1.89. The van der Waals surface area contributed by atoms with Crippen LogP contribution in [0.4, 0.5) is 0 Å². The molecule has 23 heavy (non-hydrogen) atoms. The Bertz CT molecular complexity index is 475. The maximum Gasteiger partial charge on any atom is 0.222 e. The molecule has 2 saturated heterocycles. The zero-order valence-electron chi connectivity index (χ0n) is 13.9. The van der Waals surface area contributed by atoms with E-state index in [2.05, 4.69) is 22.3 Å². The first-order valence-electron chi connectivity index (χ1n) is 8.56. The first kappa shape index (κ1) is 18.2. The summed E-state index contributed by atoms with van der Waals surface area (Å²) < 4.78 is 1.90. The quantitative estimate of drug-likeness (QED) is 0.908. The van der Waals surface area contributed by atoms with Crippen LogP contribution >= 0.6 is 12.4 Å². The van der Waals surface area contributed by atoms with E-state index in [4.69, 9.17) is 0 Å². The van der Waals surface area contributed by atoms with E-state index in [0.29, 0.717) is 24.2 Å². The van der Waals surface area contributed by atoms with E-state index in [1.165, 1.54) is 12.8 Å². The average molecular weight is 342 g/mol. The van der Waals surface area contributed by atoms with E-state index in [0.717, 1.165) is 39.0 Å². The maximum atomic E-state index is 12.6. The van der Waals surface area contributed by atoms with Crippen molar-refractivity contribution in [2.24, 2.45) is 11.8 Å². The SMILES string of the molecule is CC(CC(=O)N1CCCC(n2cncn2)C1)C1CCNCC1.Cl. The molecule has 3 heterocycles. The van der Waals surface area contributed by atoms with Gasteiger partial charge in [-0.1, -0.05) is 6.92 Å². The zero-order chi connectivity index (χ0) is 15.4. The second-order valence-electron chi connectivity index (χ2n) is 6.78. The third-order valence-electron chi connectivity index (χ3n) is 5.25. The normalized spacial score (nSPS) is 24.0. The molecule has 0 aliphatic carbocycles. The molecule has 0 spiro atoms. The second-order valence-corrected chi connectivity index (χ2v) is 6.78. The highest BCUT2D eigenvalue weighted by molar-refractivity contribution is 5.85. The molecule has 1 N–H and O–H groups in total. The highest BCUT2D eigenvalue weighted by Crippen LogP contribution is 2.27. The third-order valence-corrected chi connectivity index (χ3v) is 5.25. The summed E-state index contributed by atoms with van der Waals surface area (Å²) in [5, 5.41) is 7.63. The molecule has 2 fully saturated rings. The molecule has 3 rings (SSSR count). The number of aromatic nitrogens is 3. The number of piperidine rings is 2. The summed E-state index contributed by atoms with van der Waals surface area (Å²) in [6, 6.07) is 0.286. The number of hydrogen-bond acceptors (Lipinski definition) is 4. The fourth-order valence-corrected chi connectivity index (χ4v) is 3.79. The van der Waals surface area contributed by atoms with Gasteiger partial charge in [0.25, 0.3) is 0 Å². The minimum Gasteiger partial charge on any atom is -0.341 e. The largest absolute Gasteiger partial charge is 0.341 e. The molecule has 0 bridgehead atoms. The summed E-state index contributed by atoms with van der Waals surface area (Å²) in [6.45, 7) is 6.11. The van der Waals surface area contributed by atoms with Gasteiger partial charge in [0.1, 0.15) is 12.7 Å². The molecule has 1 aromatic heterocycles. The van der Waals surface area contributed by atoms with Crippen LogP contribution in [0.25, 0.3) is 0 Å². The Morgan fingerprint density at radius 2 is 2.13 bits per heavy atom. The van der Waals surface area contributed by atoms with Crippen LogP contribution in [0.5, 0.6) is 0 Å². The number of nitrogens with zero attached hydrogens (tertiary/aromatic N) is 4. The highest BCUT2D eigenvalue weighted by Gasteiger charge is 2.28. The van der Waals surface area contributed by atoms with Crippen molar-refractivity contribution in [3.05, 3.63) is 12.7 Å². The van der Waals surface area contributed by atoms with E-state index < -0.39 is 0 Å². The lowest BCUT2D eigenvalue weighted by Gasteiger charge is -2.34. The molecule has 2 aliphatic rings. The van der Waals surface area contributed by atoms with Crippen molar-refractivity contribution in [3.63, 3.8) is 0 Å². The van der Waals surface area contributed by atoms with Crippen LogP contribution in [0, 0.1) is 11.8 Å². The summed E-state index contributed by atoms with van der Waals surface area (Å²) >= 11 is 0. The van der Waals surface area contributed by atoms with Crippen molar-refractivity contribution in [2.75, 3.05) is 26.2 Å². The summed E-state index contributed by atoms with van der Waals surface area (Å²) in [6.07, 6.45) is 8.56. The molecule has 1 amide bonds. The van der Waals surface area contributed by atoms with Crippen molar-refractivity contribution in [1.82, 2.24) is 25.0 Å². The molecule has 0 radical (unpaired) electrons. The van der Waals surface area contributed by atoms with Crippen LogP contribution in [0.3, 0.4) is 0 Å². The van der Waals surface area contributed by atoms with E-state index in [-0.39, 0.29) is 18.4 Å². The topological polar surface area (TPSA) is 63.1 Å². The van der Waals surface area contributed by atoms with Crippen molar-refractivity contribution in [3.8, 4) is 0 Å². The molecular formula is C16H28ClN5O. The monoisotopic (exact) mass is 341 g/mol. The van der Waals surface area contributed by atoms with Gasteiger partial charge in [0.05, 0.1) is 6.04 Å². The first-order valence-corrected chi connectivity index (χ1v) is 8.56. The van der Waals surface area contributed by atoms with Crippen LogP contribution in [0.15, 0.2) is 12.7 Å². The molecule has 2 atom stereocenters. The van der Waals surface area contributed by atoms with E-state index >= 15 is 0 Å². The van der Waals surface area contributed by atoms with Gasteiger partial charge in [-0.25, -0.2) is 9.67 Å². The number of halogens is 1. The fourth-order valence-electron chi connectivity index (χ4n) is 3.79. The summed E-state index contributed by atoms with van der Waals surface area (Å²) in [7, 11) is 0. The van der Waals surface area contributed by atoms with E-state index in [1.54, 1.807) is 12.7 Å². The number of rotatable bonds is 4. The molecule has 6 nitrogen and oxygen atoms in total. The van der Waals surface area contributed by atoms with Gasteiger partial charge >= 0.3 is 0 Å². The van der Waals surface area contributed by atoms with E-state index in [9.17, 15) is 4.79 Å². The molecule has 2 unspecified atom stereocenters. The number of nitrogens with one attached hydrogen (secondary N) is 1. The van der Waals surface area contributed by atoms with Gasteiger partial charge in [0, 0.05) is 19.5 Å². The van der Waals surface area contributed by atoms with Crippen LogP contribution in [0.1, 0.15) is 45.1 Å². The highest BCUT2D eigenvalue weighted by atomic mass is 35.5. The molecule has 1 aromatic rings. The summed E-state index contributed by atoms with van der Waals surface area (Å²) in [4.78, 5) is 18.7. The Kier molecular flexibility index (Phi) is 6.84. The molecule has 0 aromatic carbocycles. The fraction of sp³-hybridized carbons (Fsp3) is 0.812. The number of amides is 1. The van der Waals surface area contributed by atoms with Crippen LogP contribution in [-0.4, -0.2) is 51.8 Å².